The second kappa shape index (κ2) is 22.5. The van der Waals surface area contributed by atoms with E-state index in [4.69, 9.17) is 15.3 Å². The third-order valence-electron chi connectivity index (χ3n) is 1.99. The zero-order valence-electron chi connectivity index (χ0n) is 12.6. The van der Waals surface area contributed by atoms with Crippen LogP contribution in [0.1, 0.15) is 52.9 Å². The third-order valence-corrected chi connectivity index (χ3v) is 2.56. The van der Waals surface area contributed by atoms with Gasteiger partial charge in [0.2, 0.25) is 12.3 Å². The van der Waals surface area contributed by atoms with E-state index in [1.807, 2.05) is 6.92 Å². The van der Waals surface area contributed by atoms with E-state index in [1.54, 1.807) is 0 Å². The number of hydrogen-bond donors (Lipinski definition) is 2. The molecule has 5 nitrogen and oxygen atoms in total. The fourth-order valence-corrected chi connectivity index (χ4v) is 0.858. The molecule has 2 amide bonds. The molecular formula is C13H31N2O3P. The lowest BCUT2D eigenvalue weighted by atomic mass is 10.2. The molecular weight excluding hydrogens is 263 g/mol. The molecule has 2 atom stereocenters. The van der Waals surface area contributed by atoms with Crippen LogP contribution in [0, 0.1) is 0 Å². The van der Waals surface area contributed by atoms with Gasteiger partial charge in [-0.15, -0.1) is 9.24 Å². The van der Waals surface area contributed by atoms with Crippen LogP contribution < -0.4 is 11.5 Å². The van der Waals surface area contributed by atoms with Gasteiger partial charge in [0, 0.05) is 13.0 Å². The van der Waals surface area contributed by atoms with E-state index < -0.39 is 0 Å². The molecule has 0 saturated heterocycles. The maximum absolute atomic E-state index is 10.4. The molecule has 0 heterocycles. The van der Waals surface area contributed by atoms with Gasteiger partial charge in [-0.2, -0.15) is 0 Å². The zero-order valence-corrected chi connectivity index (χ0v) is 13.7. The van der Waals surface area contributed by atoms with Gasteiger partial charge in [0.25, 0.3) is 0 Å². The Morgan fingerprint density at radius 1 is 1.37 bits per heavy atom. The molecule has 0 rings (SSSR count). The second-order valence-corrected chi connectivity index (χ2v) is 4.54. The first-order valence-electron chi connectivity index (χ1n) is 6.75. The van der Waals surface area contributed by atoms with Gasteiger partial charge in [-0.05, 0) is 25.9 Å². The molecule has 2 unspecified atom stereocenters. The highest BCUT2D eigenvalue weighted by Gasteiger charge is 2.03. The summed E-state index contributed by atoms with van der Waals surface area (Å²) in [4.78, 5) is 19.0. The average molecular weight is 294 g/mol. The van der Waals surface area contributed by atoms with Crippen LogP contribution in [-0.2, 0) is 14.3 Å². The van der Waals surface area contributed by atoms with Gasteiger partial charge >= 0.3 is 0 Å². The minimum Gasteiger partial charge on any atom is -0.378 e. The van der Waals surface area contributed by atoms with Crippen molar-refractivity contribution in [3.8, 4) is 0 Å². The summed E-state index contributed by atoms with van der Waals surface area (Å²) in [6.07, 6.45) is 6.31. The van der Waals surface area contributed by atoms with E-state index in [9.17, 15) is 4.79 Å². The highest BCUT2D eigenvalue weighted by atomic mass is 31.0. The Kier molecular flexibility index (Phi) is 27.7. The number of ether oxygens (including phenoxy) is 1. The maximum atomic E-state index is 10.4. The van der Waals surface area contributed by atoms with Gasteiger partial charge in [0.15, 0.2) is 0 Å². The molecule has 0 aromatic rings. The van der Waals surface area contributed by atoms with Crippen LogP contribution in [-0.4, -0.2) is 31.2 Å². The predicted molar refractivity (Wildman–Crippen MR) is 83.9 cm³/mol. The summed E-state index contributed by atoms with van der Waals surface area (Å²) in [5.41, 5.74) is 9.17. The molecule has 0 aromatic carbocycles. The van der Waals surface area contributed by atoms with Crippen molar-refractivity contribution < 1.29 is 14.3 Å². The molecule has 0 bridgehead atoms. The molecule has 4 N–H and O–H groups in total. The van der Waals surface area contributed by atoms with Crippen LogP contribution in [0.25, 0.3) is 0 Å². The van der Waals surface area contributed by atoms with Crippen molar-refractivity contribution in [3.05, 3.63) is 0 Å². The van der Waals surface area contributed by atoms with Crippen LogP contribution in [0.2, 0.25) is 0 Å². The largest absolute Gasteiger partial charge is 0.378 e. The predicted octanol–water partition coefficient (Wildman–Crippen LogP) is 1.83. The third kappa shape index (κ3) is 38.2. The number of rotatable bonds is 8. The van der Waals surface area contributed by atoms with Crippen LogP contribution in [0.4, 0.5) is 0 Å². The molecule has 0 aliphatic heterocycles. The van der Waals surface area contributed by atoms with E-state index in [0.29, 0.717) is 6.42 Å². The standard InChI is InChI=1S/C9H19NO2.C3H9P.CH3NO/c1-3-4-7-12-8(2)5-6-9(10)11;1-2-3-4;2-1-3/h8H,3-7H2,1-2H3,(H2,10,11);2-4H2,1H3;1H,(H2,2,3). The van der Waals surface area contributed by atoms with E-state index in [0.717, 1.165) is 25.9 Å². The van der Waals surface area contributed by atoms with Gasteiger partial charge in [-0.1, -0.05) is 26.7 Å². The number of carbonyl (C=O) groups is 2. The smallest absolute Gasteiger partial charge is 0.217 e. The average Bonchev–Trinajstić information content (AvgIpc) is 2.38. The second-order valence-electron chi connectivity index (χ2n) is 3.96. The number of unbranched alkanes of at least 4 members (excludes halogenated alkanes) is 1. The summed E-state index contributed by atoms with van der Waals surface area (Å²) < 4.78 is 5.42. The molecule has 0 aliphatic rings. The molecule has 0 radical (unpaired) electrons. The van der Waals surface area contributed by atoms with Crippen molar-refractivity contribution in [2.75, 3.05) is 12.8 Å². The topological polar surface area (TPSA) is 95.4 Å². The molecule has 0 spiro atoms. The lowest BCUT2D eigenvalue weighted by molar-refractivity contribution is -0.118. The Morgan fingerprint density at radius 3 is 2.16 bits per heavy atom. The first-order chi connectivity index (χ1) is 8.99. The summed E-state index contributed by atoms with van der Waals surface area (Å²) in [7, 11) is 2.66. The zero-order chi connectivity index (χ0) is 15.5. The Balaban J connectivity index is -0.000000303. The highest BCUT2D eigenvalue weighted by Crippen LogP contribution is 2.02. The quantitative estimate of drug-likeness (QED) is 0.406. The summed E-state index contributed by atoms with van der Waals surface area (Å²) in [6.45, 7) is 7.04. The van der Waals surface area contributed by atoms with E-state index in [2.05, 4.69) is 28.8 Å². The Morgan fingerprint density at radius 2 is 1.84 bits per heavy atom. The minimum absolute atomic E-state index is 0.157. The van der Waals surface area contributed by atoms with Gasteiger partial charge < -0.3 is 16.2 Å². The van der Waals surface area contributed by atoms with Crippen LogP contribution in [0.5, 0.6) is 0 Å². The maximum Gasteiger partial charge on any atom is 0.217 e. The van der Waals surface area contributed by atoms with E-state index in [-0.39, 0.29) is 18.4 Å². The Labute approximate surface area is 120 Å². The van der Waals surface area contributed by atoms with E-state index >= 15 is 0 Å². The van der Waals surface area contributed by atoms with Crippen molar-refractivity contribution >= 4 is 21.6 Å². The number of hydrogen-bond acceptors (Lipinski definition) is 3. The Hall–Kier alpha value is -0.670. The van der Waals surface area contributed by atoms with Crippen molar-refractivity contribution in [3.63, 3.8) is 0 Å². The molecule has 0 aromatic heterocycles. The number of nitrogens with two attached hydrogens (primary N) is 2. The lowest BCUT2D eigenvalue weighted by Gasteiger charge is -2.10. The molecule has 0 aliphatic carbocycles. The first kappa shape index (κ1) is 23.4. The number of carbonyl (C=O) groups excluding carboxylic acids is 2. The summed E-state index contributed by atoms with van der Waals surface area (Å²) in [5, 5.41) is 0. The van der Waals surface area contributed by atoms with Gasteiger partial charge in [0.05, 0.1) is 6.10 Å². The lowest BCUT2D eigenvalue weighted by Crippen LogP contribution is -2.16. The molecule has 116 valence electrons. The summed E-state index contributed by atoms with van der Waals surface area (Å²) in [5.74, 6) is -0.249. The fourth-order valence-electron chi connectivity index (χ4n) is 0.858. The van der Waals surface area contributed by atoms with Crippen LogP contribution in [0.15, 0.2) is 0 Å². The van der Waals surface area contributed by atoms with Crippen molar-refractivity contribution in [2.45, 2.75) is 59.0 Å². The van der Waals surface area contributed by atoms with Crippen LogP contribution in [0.3, 0.4) is 0 Å². The van der Waals surface area contributed by atoms with Gasteiger partial charge in [-0.3, -0.25) is 9.59 Å². The van der Waals surface area contributed by atoms with Crippen molar-refractivity contribution in [2.24, 2.45) is 11.5 Å². The molecule has 0 saturated carbocycles. The van der Waals surface area contributed by atoms with Gasteiger partial charge in [-0.25, -0.2) is 0 Å². The SMILES string of the molecule is CCCCOC(C)CCC(N)=O.CCCP.NC=O. The number of amides is 2. The van der Waals surface area contributed by atoms with Gasteiger partial charge in [0.1, 0.15) is 0 Å². The monoisotopic (exact) mass is 294 g/mol. The van der Waals surface area contributed by atoms with Crippen LogP contribution >= 0.6 is 9.24 Å². The summed E-state index contributed by atoms with van der Waals surface area (Å²) >= 11 is 0. The minimum atomic E-state index is -0.249. The van der Waals surface area contributed by atoms with E-state index in [1.165, 1.54) is 12.6 Å². The molecule has 0 fully saturated rings. The van der Waals surface area contributed by atoms with Crippen molar-refractivity contribution in [1.82, 2.24) is 0 Å². The summed E-state index contributed by atoms with van der Waals surface area (Å²) in [6, 6.07) is 0. The molecule has 19 heavy (non-hydrogen) atoms. The fraction of sp³-hybridized carbons (Fsp3) is 0.846. The normalized spacial score (nSPS) is 10.3. The first-order valence-corrected chi connectivity index (χ1v) is 7.56. The number of primary amides is 2. The highest BCUT2D eigenvalue weighted by molar-refractivity contribution is 7.16. The molecule has 6 heteroatoms. The van der Waals surface area contributed by atoms with Crippen molar-refractivity contribution in [1.29, 1.82) is 0 Å². The Bertz CT molecular complexity index is 191.